The molecule has 7 heteroatoms. The Labute approximate surface area is 135 Å². The van der Waals surface area contributed by atoms with Crippen LogP contribution in [0, 0.1) is 0 Å². The molecule has 6 nitrogen and oxygen atoms in total. The van der Waals surface area contributed by atoms with Crippen molar-refractivity contribution in [3.8, 4) is 0 Å². The number of fused-ring (bicyclic) bond motifs is 1. The lowest BCUT2D eigenvalue weighted by atomic mass is 10.2. The van der Waals surface area contributed by atoms with E-state index < -0.39 is 5.97 Å². The summed E-state index contributed by atoms with van der Waals surface area (Å²) in [5, 5.41) is 3.22. The number of benzene rings is 1. The van der Waals surface area contributed by atoms with Crippen LogP contribution in [0.5, 0.6) is 0 Å². The molecule has 0 atom stereocenters. The van der Waals surface area contributed by atoms with Gasteiger partial charge in [0.1, 0.15) is 11.1 Å². The van der Waals surface area contributed by atoms with Gasteiger partial charge in [0, 0.05) is 23.4 Å². The fraction of sp³-hybridized carbons (Fsp3) is 0.133. The molecule has 0 fully saturated rings. The van der Waals surface area contributed by atoms with Gasteiger partial charge in [0.2, 0.25) is 0 Å². The van der Waals surface area contributed by atoms with Gasteiger partial charge in [0.25, 0.3) is 0 Å². The largest absolute Gasteiger partial charge is 0.465 e. The van der Waals surface area contributed by atoms with E-state index in [0.717, 1.165) is 10.2 Å². The standard InChI is InChI=1S/C15H13BrN4O2/c1-20-8-18-12-13(20)11(15(21)22-2)7-17-14(12)19-10-5-3-4-9(16)6-10/h3-8H,1-2H3,(H,17,19). The third-order valence-electron chi connectivity index (χ3n) is 3.23. The van der Waals surface area contributed by atoms with Crippen molar-refractivity contribution in [1.82, 2.24) is 14.5 Å². The first-order chi connectivity index (χ1) is 10.6. The zero-order valence-electron chi connectivity index (χ0n) is 12.0. The minimum absolute atomic E-state index is 0.386. The van der Waals surface area contributed by atoms with Crippen LogP contribution >= 0.6 is 15.9 Å². The van der Waals surface area contributed by atoms with Crippen molar-refractivity contribution in [2.75, 3.05) is 12.4 Å². The quantitative estimate of drug-likeness (QED) is 0.726. The van der Waals surface area contributed by atoms with E-state index >= 15 is 0 Å². The summed E-state index contributed by atoms with van der Waals surface area (Å²) in [4.78, 5) is 20.5. The number of nitrogens with zero attached hydrogens (tertiary/aromatic N) is 3. The van der Waals surface area contributed by atoms with Gasteiger partial charge in [-0.05, 0) is 18.2 Å². The van der Waals surface area contributed by atoms with E-state index in [1.165, 1.54) is 13.3 Å². The molecule has 0 unspecified atom stereocenters. The maximum Gasteiger partial charge on any atom is 0.341 e. The predicted molar refractivity (Wildman–Crippen MR) is 87.3 cm³/mol. The number of methoxy groups -OCH3 is 1. The van der Waals surface area contributed by atoms with Gasteiger partial charge in [0.15, 0.2) is 5.82 Å². The Hall–Kier alpha value is -2.41. The number of aromatic nitrogens is 3. The van der Waals surface area contributed by atoms with Crippen LogP contribution in [0.4, 0.5) is 11.5 Å². The molecule has 1 aromatic carbocycles. The number of carbonyl (C=O) groups excluding carboxylic acids is 1. The molecule has 2 aromatic heterocycles. The zero-order valence-corrected chi connectivity index (χ0v) is 13.6. The molecular weight excluding hydrogens is 348 g/mol. The maximum absolute atomic E-state index is 11.9. The Kier molecular flexibility index (Phi) is 3.81. The number of carbonyl (C=O) groups is 1. The lowest BCUT2D eigenvalue weighted by molar-refractivity contribution is 0.0602. The SMILES string of the molecule is COC(=O)c1cnc(Nc2cccc(Br)c2)c2ncn(C)c12. The summed E-state index contributed by atoms with van der Waals surface area (Å²) in [7, 11) is 3.17. The fourth-order valence-electron chi connectivity index (χ4n) is 2.23. The molecule has 3 rings (SSSR count). The normalized spacial score (nSPS) is 10.7. The lowest BCUT2D eigenvalue weighted by Crippen LogP contribution is -2.06. The van der Waals surface area contributed by atoms with E-state index in [1.54, 1.807) is 10.9 Å². The molecule has 0 aliphatic rings. The second kappa shape index (κ2) is 5.76. The summed E-state index contributed by atoms with van der Waals surface area (Å²) in [6.07, 6.45) is 3.14. The third kappa shape index (κ3) is 2.55. The number of anilines is 2. The Morgan fingerprint density at radius 3 is 2.91 bits per heavy atom. The number of rotatable bonds is 3. The summed E-state index contributed by atoms with van der Waals surface area (Å²) in [5.41, 5.74) is 2.56. The Bertz CT molecular complexity index is 860. The minimum atomic E-state index is -0.435. The average Bonchev–Trinajstić information content (AvgIpc) is 2.90. The lowest BCUT2D eigenvalue weighted by Gasteiger charge is -2.09. The molecule has 0 saturated carbocycles. The van der Waals surface area contributed by atoms with Gasteiger partial charge in [-0.3, -0.25) is 0 Å². The first kappa shape index (κ1) is 14.5. The molecule has 0 bridgehead atoms. The number of ether oxygens (including phenoxy) is 1. The highest BCUT2D eigenvalue weighted by Crippen LogP contribution is 2.27. The second-order valence-corrected chi connectivity index (χ2v) is 5.62. The Morgan fingerprint density at radius 2 is 2.18 bits per heavy atom. The molecule has 0 aliphatic carbocycles. The van der Waals surface area contributed by atoms with Crippen molar-refractivity contribution in [2.24, 2.45) is 7.05 Å². The highest BCUT2D eigenvalue weighted by Gasteiger charge is 2.18. The Morgan fingerprint density at radius 1 is 1.36 bits per heavy atom. The maximum atomic E-state index is 11.9. The second-order valence-electron chi connectivity index (χ2n) is 4.70. The number of hydrogen-bond donors (Lipinski definition) is 1. The summed E-state index contributed by atoms with van der Waals surface area (Å²) in [6.45, 7) is 0. The number of imidazole rings is 1. The van der Waals surface area contributed by atoms with E-state index in [2.05, 4.69) is 31.2 Å². The minimum Gasteiger partial charge on any atom is -0.465 e. The topological polar surface area (TPSA) is 69.0 Å². The van der Waals surface area contributed by atoms with Crippen molar-refractivity contribution in [3.63, 3.8) is 0 Å². The van der Waals surface area contributed by atoms with Crippen LogP contribution < -0.4 is 5.32 Å². The monoisotopic (exact) mass is 360 g/mol. The van der Waals surface area contributed by atoms with E-state index in [4.69, 9.17) is 4.74 Å². The molecule has 0 spiro atoms. The zero-order chi connectivity index (χ0) is 15.7. The molecule has 0 radical (unpaired) electrons. The predicted octanol–water partition coefficient (Wildman–Crippen LogP) is 3.26. The van der Waals surface area contributed by atoms with E-state index in [1.807, 2.05) is 31.3 Å². The molecule has 112 valence electrons. The van der Waals surface area contributed by atoms with Gasteiger partial charge in [-0.2, -0.15) is 0 Å². The molecule has 0 saturated heterocycles. The highest BCUT2D eigenvalue weighted by molar-refractivity contribution is 9.10. The van der Waals surface area contributed by atoms with Gasteiger partial charge in [-0.1, -0.05) is 22.0 Å². The molecule has 0 aliphatic heterocycles. The van der Waals surface area contributed by atoms with Crippen molar-refractivity contribution >= 4 is 44.4 Å². The summed E-state index contributed by atoms with van der Waals surface area (Å²) in [5.74, 6) is 0.149. The number of halogens is 1. The van der Waals surface area contributed by atoms with E-state index in [0.29, 0.717) is 22.4 Å². The molecule has 1 N–H and O–H groups in total. The van der Waals surface area contributed by atoms with Crippen LogP contribution in [0.15, 0.2) is 41.3 Å². The summed E-state index contributed by atoms with van der Waals surface area (Å²) < 4.78 is 7.53. The molecule has 0 amide bonds. The molecule has 22 heavy (non-hydrogen) atoms. The molecular formula is C15H13BrN4O2. The van der Waals surface area contributed by atoms with E-state index in [9.17, 15) is 4.79 Å². The van der Waals surface area contributed by atoms with Gasteiger partial charge in [-0.15, -0.1) is 0 Å². The van der Waals surface area contributed by atoms with Crippen molar-refractivity contribution in [3.05, 3.63) is 46.8 Å². The number of nitrogens with one attached hydrogen (secondary N) is 1. The summed E-state index contributed by atoms with van der Waals surface area (Å²) >= 11 is 3.43. The number of aryl methyl sites for hydroxylation is 1. The first-order valence-electron chi connectivity index (χ1n) is 6.51. The molecule has 3 aromatic rings. The van der Waals surface area contributed by atoms with Crippen LogP contribution in [0.1, 0.15) is 10.4 Å². The smallest absolute Gasteiger partial charge is 0.341 e. The van der Waals surface area contributed by atoms with Crippen molar-refractivity contribution in [1.29, 1.82) is 0 Å². The number of esters is 1. The van der Waals surface area contributed by atoms with Crippen LogP contribution in [0.3, 0.4) is 0 Å². The number of hydrogen-bond acceptors (Lipinski definition) is 5. The average molecular weight is 361 g/mol. The van der Waals surface area contributed by atoms with Crippen LogP contribution in [0.25, 0.3) is 11.0 Å². The highest BCUT2D eigenvalue weighted by atomic mass is 79.9. The van der Waals surface area contributed by atoms with Gasteiger partial charge in [-0.25, -0.2) is 14.8 Å². The summed E-state index contributed by atoms with van der Waals surface area (Å²) in [6, 6.07) is 7.72. The third-order valence-corrected chi connectivity index (χ3v) is 3.73. The van der Waals surface area contributed by atoms with Crippen molar-refractivity contribution < 1.29 is 9.53 Å². The van der Waals surface area contributed by atoms with E-state index in [-0.39, 0.29) is 0 Å². The van der Waals surface area contributed by atoms with Gasteiger partial charge in [0.05, 0.1) is 19.0 Å². The molecule has 2 heterocycles. The van der Waals surface area contributed by atoms with Crippen LogP contribution in [0.2, 0.25) is 0 Å². The fourth-order valence-corrected chi connectivity index (χ4v) is 2.63. The van der Waals surface area contributed by atoms with Crippen LogP contribution in [-0.4, -0.2) is 27.6 Å². The Balaban J connectivity index is 2.10. The van der Waals surface area contributed by atoms with Crippen molar-refractivity contribution in [2.45, 2.75) is 0 Å². The van der Waals surface area contributed by atoms with Crippen LogP contribution in [-0.2, 0) is 11.8 Å². The van der Waals surface area contributed by atoms with Gasteiger partial charge >= 0.3 is 5.97 Å². The van der Waals surface area contributed by atoms with Gasteiger partial charge < -0.3 is 14.6 Å². The number of pyridine rings is 1. The first-order valence-corrected chi connectivity index (χ1v) is 7.30.